The summed E-state index contributed by atoms with van der Waals surface area (Å²) in [6.45, 7) is 14.6. The topological polar surface area (TPSA) is 37.3 Å². The summed E-state index contributed by atoms with van der Waals surface area (Å²) in [4.78, 5) is 11.0. The van der Waals surface area contributed by atoms with E-state index in [0.717, 1.165) is 48.4 Å². The van der Waals surface area contributed by atoms with Crippen molar-refractivity contribution >= 4 is 6.29 Å². The van der Waals surface area contributed by atoms with E-state index in [9.17, 15) is 9.90 Å². The quantitative estimate of drug-likeness (QED) is 0.358. The molecular formula is C30H48O2. The lowest BCUT2D eigenvalue weighted by Gasteiger charge is -2.63. The number of hydrogen-bond acceptors (Lipinski definition) is 2. The molecule has 0 saturated heterocycles. The molecule has 0 aromatic heterocycles. The Kier molecular flexibility index (Phi) is 5.20. The van der Waals surface area contributed by atoms with Crippen LogP contribution in [0.4, 0.5) is 0 Å². The second kappa shape index (κ2) is 7.19. The first kappa shape index (κ1) is 23.1. The fourth-order valence-corrected chi connectivity index (χ4v) is 11.1. The molecule has 5 aliphatic rings. The first-order chi connectivity index (χ1) is 15.0. The summed E-state index contributed by atoms with van der Waals surface area (Å²) in [5.74, 6) is 3.18. The SMILES string of the molecule is C/C(C=O)=C\CC[C@@H](C)[C@H]1CC[C@@]2(C)[C@H]3CC[C@@H]4C(C)(C)[C@@H](O)CC[C@@]45C[C@@]35CC[C@]12C. The molecule has 0 heterocycles. The van der Waals surface area contributed by atoms with Crippen LogP contribution < -0.4 is 0 Å². The van der Waals surface area contributed by atoms with E-state index in [-0.39, 0.29) is 11.5 Å². The average molecular weight is 441 g/mol. The van der Waals surface area contributed by atoms with Crippen LogP contribution in [0.15, 0.2) is 11.6 Å². The Morgan fingerprint density at radius 2 is 1.62 bits per heavy atom. The Morgan fingerprint density at radius 1 is 0.938 bits per heavy atom. The minimum absolute atomic E-state index is 0.0915. The second-order valence-corrected chi connectivity index (χ2v) is 14.1. The van der Waals surface area contributed by atoms with E-state index in [1.807, 2.05) is 6.92 Å². The Morgan fingerprint density at radius 3 is 2.34 bits per heavy atom. The van der Waals surface area contributed by atoms with Gasteiger partial charge in [-0.05, 0) is 134 Å². The van der Waals surface area contributed by atoms with Crippen LogP contribution in [-0.4, -0.2) is 17.5 Å². The number of aldehydes is 1. The van der Waals surface area contributed by atoms with E-state index in [1.54, 1.807) is 0 Å². The molecule has 2 heteroatoms. The molecule has 32 heavy (non-hydrogen) atoms. The van der Waals surface area contributed by atoms with Crippen LogP contribution in [0.3, 0.4) is 0 Å². The van der Waals surface area contributed by atoms with E-state index in [4.69, 9.17) is 0 Å². The molecule has 5 rings (SSSR count). The van der Waals surface area contributed by atoms with Gasteiger partial charge in [-0.15, -0.1) is 0 Å². The smallest absolute Gasteiger partial charge is 0.145 e. The lowest BCUT2D eigenvalue weighted by Crippen LogP contribution is -2.57. The Balaban J connectivity index is 1.39. The summed E-state index contributed by atoms with van der Waals surface area (Å²) in [5.41, 5.74) is 3.05. The summed E-state index contributed by atoms with van der Waals surface area (Å²) in [5, 5.41) is 10.8. The molecule has 9 atom stereocenters. The molecule has 0 bridgehead atoms. The van der Waals surface area contributed by atoms with Gasteiger partial charge < -0.3 is 5.11 Å². The summed E-state index contributed by atoms with van der Waals surface area (Å²) >= 11 is 0. The van der Waals surface area contributed by atoms with Crippen molar-refractivity contribution in [3.05, 3.63) is 11.6 Å². The third-order valence-corrected chi connectivity index (χ3v) is 13.1. The van der Waals surface area contributed by atoms with Crippen molar-refractivity contribution in [3.8, 4) is 0 Å². The lowest BCUT2D eigenvalue weighted by atomic mass is 9.41. The molecule has 0 aliphatic heterocycles. The van der Waals surface area contributed by atoms with Gasteiger partial charge in [0, 0.05) is 0 Å². The Labute approximate surface area is 197 Å². The monoisotopic (exact) mass is 440 g/mol. The van der Waals surface area contributed by atoms with Gasteiger partial charge in [-0.1, -0.05) is 40.7 Å². The predicted octanol–water partition coefficient (Wildman–Crippen LogP) is 7.35. The molecule has 0 unspecified atom stereocenters. The van der Waals surface area contributed by atoms with Gasteiger partial charge in [0.05, 0.1) is 6.10 Å². The molecule has 0 aromatic rings. The molecule has 0 amide bonds. The van der Waals surface area contributed by atoms with Gasteiger partial charge in [0.15, 0.2) is 0 Å². The van der Waals surface area contributed by atoms with E-state index < -0.39 is 0 Å². The van der Waals surface area contributed by atoms with E-state index in [2.05, 4.69) is 40.7 Å². The van der Waals surface area contributed by atoms with Crippen LogP contribution in [-0.2, 0) is 4.79 Å². The summed E-state index contributed by atoms with van der Waals surface area (Å²) in [7, 11) is 0. The van der Waals surface area contributed by atoms with Crippen molar-refractivity contribution in [2.24, 2.45) is 50.7 Å². The standard InChI is InChI=1S/C30H48O2/c1-20(18-31)8-7-9-21(2)22-12-14-28(6)24-11-10-23-26(3,4)25(32)13-15-29(23)19-30(24,29)17-16-27(22,28)5/h8,18,21-25,32H,7,9-17,19H2,1-6H3/b20-8+/t21-,22-,23-,24-,25+,27-,28+,29-,30+/m1/s1. The van der Waals surface area contributed by atoms with Gasteiger partial charge >= 0.3 is 0 Å². The van der Waals surface area contributed by atoms with Crippen LogP contribution in [0, 0.1) is 50.7 Å². The van der Waals surface area contributed by atoms with Gasteiger partial charge in [0.25, 0.3) is 0 Å². The van der Waals surface area contributed by atoms with Crippen molar-refractivity contribution < 1.29 is 9.90 Å². The van der Waals surface area contributed by atoms with Gasteiger partial charge in [0.1, 0.15) is 6.29 Å². The van der Waals surface area contributed by atoms with Crippen LogP contribution in [0.2, 0.25) is 0 Å². The average Bonchev–Trinajstić information content (AvgIpc) is 3.33. The zero-order valence-corrected chi connectivity index (χ0v) is 21.7. The van der Waals surface area contributed by atoms with Gasteiger partial charge in [-0.3, -0.25) is 4.79 Å². The number of hydrogen-bond donors (Lipinski definition) is 1. The molecule has 2 nitrogen and oxygen atoms in total. The Bertz CT molecular complexity index is 812. The van der Waals surface area contributed by atoms with Crippen LogP contribution >= 0.6 is 0 Å². The van der Waals surface area contributed by atoms with Crippen molar-refractivity contribution in [1.82, 2.24) is 0 Å². The number of fused-ring (bicyclic) bond motifs is 2. The molecule has 5 saturated carbocycles. The first-order valence-electron chi connectivity index (χ1n) is 13.8. The molecule has 0 radical (unpaired) electrons. The van der Waals surface area contributed by atoms with Crippen LogP contribution in [0.25, 0.3) is 0 Å². The zero-order chi connectivity index (χ0) is 23.2. The fraction of sp³-hybridized carbons (Fsp3) is 0.900. The minimum Gasteiger partial charge on any atom is -0.393 e. The minimum atomic E-state index is -0.106. The van der Waals surface area contributed by atoms with Crippen molar-refractivity contribution in [2.75, 3.05) is 0 Å². The Hall–Kier alpha value is -0.630. The third kappa shape index (κ3) is 2.71. The highest BCUT2D eigenvalue weighted by atomic mass is 16.3. The maximum absolute atomic E-state index is 11.0. The van der Waals surface area contributed by atoms with Gasteiger partial charge in [-0.25, -0.2) is 0 Å². The van der Waals surface area contributed by atoms with Gasteiger partial charge in [-0.2, -0.15) is 0 Å². The van der Waals surface area contributed by atoms with Crippen molar-refractivity contribution in [1.29, 1.82) is 0 Å². The molecule has 180 valence electrons. The predicted molar refractivity (Wildman–Crippen MR) is 131 cm³/mol. The normalized spacial score (nSPS) is 52.3. The highest BCUT2D eigenvalue weighted by Crippen LogP contribution is 2.89. The number of carbonyl (C=O) groups is 1. The molecule has 1 N–H and O–H groups in total. The lowest BCUT2D eigenvalue weighted by molar-refractivity contribution is -0.161. The van der Waals surface area contributed by atoms with Gasteiger partial charge in [0.2, 0.25) is 0 Å². The van der Waals surface area contributed by atoms with Crippen molar-refractivity contribution in [2.45, 2.75) is 118 Å². The van der Waals surface area contributed by atoms with Crippen LogP contribution in [0.1, 0.15) is 112 Å². The van der Waals surface area contributed by atoms with Crippen LogP contribution in [0.5, 0.6) is 0 Å². The largest absolute Gasteiger partial charge is 0.393 e. The number of aliphatic hydroxyl groups excluding tert-OH is 1. The van der Waals surface area contributed by atoms with E-state index in [1.165, 1.54) is 57.8 Å². The summed E-state index contributed by atoms with van der Waals surface area (Å²) in [6, 6.07) is 0. The van der Waals surface area contributed by atoms with E-state index >= 15 is 0 Å². The zero-order valence-electron chi connectivity index (χ0n) is 21.7. The highest BCUT2D eigenvalue weighted by molar-refractivity contribution is 5.71. The molecule has 2 spiro atoms. The number of rotatable bonds is 5. The molecule has 0 aromatic carbocycles. The van der Waals surface area contributed by atoms with E-state index in [0.29, 0.717) is 21.7 Å². The number of carbonyl (C=O) groups excluding carboxylic acids is 1. The molecule has 5 aliphatic carbocycles. The summed E-state index contributed by atoms with van der Waals surface area (Å²) < 4.78 is 0. The fourth-order valence-electron chi connectivity index (χ4n) is 11.1. The molecular weight excluding hydrogens is 392 g/mol. The summed E-state index contributed by atoms with van der Waals surface area (Å²) in [6.07, 6.45) is 17.5. The number of aliphatic hydroxyl groups is 1. The highest BCUT2D eigenvalue weighted by Gasteiger charge is 2.82. The molecule has 5 fully saturated rings. The first-order valence-corrected chi connectivity index (χ1v) is 13.8. The second-order valence-electron chi connectivity index (χ2n) is 14.1. The van der Waals surface area contributed by atoms with Crippen molar-refractivity contribution in [3.63, 3.8) is 0 Å². The maximum Gasteiger partial charge on any atom is 0.145 e. The maximum atomic E-state index is 11.0. The number of allylic oxidation sites excluding steroid dienone is 2. The third-order valence-electron chi connectivity index (χ3n) is 13.1.